The predicted molar refractivity (Wildman–Crippen MR) is 187 cm³/mol. The summed E-state index contributed by atoms with van der Waals surface area (Å²) < 4.78 is 6.32. The molecule has 0 atom stereocenters. The third-order valence-corrected chi connectivity index (χ3v) is 8.54. The number of aromatic nitrogens is 3. The van der Waals surface area contributed by atoms with Crippen molar-refractivity contribution >= 4 is 22.0 Å². The quantitative estimate of drug-likeness (QED) is 0.180. The van der Waals surface area contributed by atoms with Gasteiger partial charge in [-0.25, -0.2) is 4.98 Å². The number of phenols is 1. The number of hydrogen-bond donors (Lipinski definition) is 1. The van der Waals surface area contributed by atoms with Gasteiger partial charge in [-0.05, 0) is 80.9 Å². The van der Waals surface area contributed by atoms with Crippen LogP contribution in [0.15, 0.2) is 108 Å². The summed E-state index contributed by atoms with van der Waals surface area (Å²) in [6.45, 7) is 13.3. The van der Waals surface area contributed by atoms with Gasteiger partial charge in [0.1, 0.15) is 11.3 Å². The monoisotopic (exact) mass is 797 g/mol. The van der Waals surface area contributed by atoms with Gasteiger partial charge in [0.2, 0.25) is 5.89 Å². The minimum atomic E-state index is -0.134. The number of nitrogens with zero attached hydrogens (tertiary/aromatic N) is 3. The van der Waals surface area contributed by atoms with Crippen LogP contribution < -0.4 is 0 Å². The van der Waals surface area contributed by atoms with Crippen molar-refractivity contribution in [2.45, 2.75) is 52.4 Å². The van der Waals surface area contributed by atoms with Gasteiger partial charge in [-0.2, -0.15) is 0 Å². The molecule has 4 aromatic carbocycles. The molecule has 238 valence electrons. The molecule has 0 spiro atoms. The predicted octanol–water partition coefficient (Wildman–Crippen LogP) is 10.5. The number of pyridine rings is 2. The number of fused-ring (bicyclic) bond motifs is 2. The minimum Gasteiger partial charge on any atom is -0.507 e. The standard InChI is InChI=1S/C41H36N3O2.Pt/c1-40(2,3)29-23-32(38-36(24-29)46-39(44-38)30-12-7-8-13-35(30)45)27-11-9-10-26(20-27)31-21-28(25-14-17-42-18-15-25)22-33-34(41(4,5)6)16-19-43-37(31)33;/h7-19,21-24,45H,1-6H3;/q-1;. The zero-order chi connectivity index (χ0) is 32.2. The van der Waals surface area contributed by atoms with Gasteiger partial charge in [0.15, 0.2) is 0 Å². The fourth-order valence-corrected chi connectivity index (χ4v) is 6.05. The summed E-state index contributed by atoms with van der Waals surface area (Å²) in [7, 11) is 0. The topological polar surface area (TPSA) is 72.0 Å². The summed E-state index contributed by atoms with van der Waals surface area (Å²) in [5, 5.41) is 11.7. The van der Waals surface area contributed by atoms with Gasteiger partial charge < -0.3 is 9.52 Å². The van der Waals surface area contributed by atoms with Gasteiger partial charge in [0.25, 0.3) is 0 Å². The summed E-state index contributed by atoms with van der Waals surface area (Å²) in [5.74, 6) is 0.509. The first-order valence-electron chi connectivity index (χ1n) is 15.6. The number of aromatic hydroxyl groups is 1. The van der Waals surface area contributed by atoms with Crippen LogP contribution in [0.25, 0.3) is 66.8 Å². The molecule has 0 radical (unpaired) electrons. The molecule has 47 heavy (non-hydrogen) atoms. The van der Waals surface area contributed by atoms with E-state index in [2.05, 4.69) is 101 Å². The van der Waals surface area contributed by atoms with Crippen LogP contribution in [0.5, 0.6) is 5.75 Å². The third-order valence-electron chi connectivity index (χ3n) is 8.54. The molecule has 0 fully saturated rings. The molecule has 7 aromatic rings. The molecule has 0 aliphatic rings. The Balaban J connectivity index is 0.00000386. The summed E-state index contributed by atoms with van der Waals surface area (Å²) in [6.07, 6.45) is 5.57. The van der Waals surface area contributed by atoms with E-state index in [1.54, 1.807) is 12.1 Å². The molecule has 7 rings (SSSR count). The van der Waals surface area contributed by atoms with Crippen molar-refractivity contribution in [3.05, 3.63) is 121 Å². The van der Waals surface area contributed by atoms with Crippen LogP contribution in [0.3, 0.4) is 0 Å². The maximum Gasteiger partial charge on any atom is 0.230 e. The number of benzene rings is 4. The summed E-state index contributed by atoms with van der Waals surface area (Å²) in [4.78, 5) is 14.1. The number of phenolic OH excluding ortho intramolecular Hbond substituents is 1. The van der Waals surface area contributed by atoms with E-state index >= 15 is 0 Å². The molecule has 3 heterocycles. The Morgan fingerprint density at radius 2 is 1.36 bits per heavy atom. The molecule has 5 nitrogen and oxygen atoms in total. The van der Waals surface area contributed by atoms with Crippen molar-refractivity contribution in [2.24, 2.45) is 0 Å². The number of hydrogen-bond acceptors (Lipinski definition) is 5. The molecule has 1 N–H and O–H groups in total. The Kier molecular flexibility index (Phi) is 8.40. The van der Waals surface area contributed by atoms with E-state index < -0.39 is 0 Å². The van der Waals surface area contributed by atoms with Gasteiger partial charge in [0, 0.05) is 45.2 Å². The van der Waals surface area contributed by atoms with Crippen LogP contribution in [0.1, 0.15) is 52.7 Å². The average Bonchev–Trinajstić information content (AvgIpc) is 3.47. The fourth-order valence-electron chi connectivity index (χ4n) is 6.05. The molecular weight excluding hydrogens is 762 g/mol. The Morgan fingerprint density at radius 3 is 2.04 bits per heavy atom. The van der Waals surface area contributed by atoms with E-state index in [0.717, 1.165) is 55.4 Å². The van der Waals surface area contributed by atoms with Crippen molar-refractivity contribution in [1.82, 2.24) is 15.0 Å². The first-order valence-corrected chi connectivity index (χ1v) is 15.6. The zero-order valence-corrected chi connectivity index (χ0v) is 29.6. The largest absolute Gasteiger partial charge is 0.507 e. The molecule has 0 unspecified atom stereocenters. The molecule has 0 saturated carbocycles. The van der Waals surface area contributed by atoms with Crippen LogP contribution in [0, 0.1) is 6.07 Å². The van der Waals surface area contributed by atoms with Crippen LogP contribution in [0.4, 0.5) is 0 Å². The van der Waals surface area contributed by atoms with E-state index in [4.69, 9.17) is 14.4 Å². The maximum absolute atomic E-state index is 10.6. The average molecular weight is 798 g/mol. The molecule has 0 amide bonds. The van der Waals surface area contributed by atoms with Gasteiger partial charge in [0.05, 0.1) is 11.1 Å². The fraction of sp³-hybridized carbons (Fsp3) is 0.195. The summed E-state index contributed by atoms with van der Waals surface area (Å²) >= 11 is 0. The number of rotatable bonds is 4. The third kappa shape index (κ3) is 6.13. The van der Waals surface area contributed by atoms with Crippen LogP contribution in [-0.4, -0.2) is 20.1 Å². The molecule has 0 saturated heterocycles. The molecule has 0 aliphatic heterocycles. The van der Waals surface area contributed by atoms with Crippen molar-refractivity contribution in [2.75, 3.05) is 0 Å². The normalized spacial score (nSPS) is 12.0. The zero-order valence-electron chi connectivity index (χ0n) is 27.3. The Labute approximate surface area is 290 Å². The summed E-state index contributed by atoms with van der Waals surface area (Å²) in [5.41, 5.74) is 11.0. The van der Waals surface area contributed by atoms with Crippen molar-refractivity contribution in [1.29, 1.82) is 0 Å². The van der Waals surface area contributed by atoms with E-state index in [9.17, 15) is 5.11 Å². The van der Waals surface area contributed by atoms with Crippen LogP contribution in [0.2, 0.25) is 0 Å². The van der Waals surface area contributed by atoms with E-state index in [1.807, 2.05) is 42.9 Å². The van der Waals surface area contributed by atoms with Crippen molar-refractivity contribution in [3.63, 3.8) is 0 Å². The van der Waals surface area contributed by atoms with E-state index in [-0.39, 0.29) is 37.6 Å². The van der Waals surface area contributed by atoms with Crippen molar-refractivity contribution < 1.29 is 30.6 Å². The van der Waals surface area contributed by atoms with E-state index in [1.165, 1.54) is 5.56 Å². The molecule has 0 bridgehead atoms. The molecular formula is C41H36N3O2Pt-. The number of para-hydroxylation sites is 1. The second kappa shape index (κ2) is 12.2. The SMILES string of the molecule is CC(C)(C)c1cc(-c2[c-]c(-c3cc(-c4ccncc4)cc4c(C(C)(C)C)ccnc34)ccc2)c2nc(-c3ccccc3O)oc2c1.[Pt]. The Hall–Kier alpha value is -4.60. The molecule has 6 heteroatoms. The van der Waals surface area contributed by atoms with Crippen LogP contribution >= 0.6 is 0 Å². The van der Waals surface area contributed by atoms with Crippen LogP contribution in [-0.2, 0) is 31.9 Å². The molecule has 0 aliphatic carbocycles. The first kappa shape index (κ1) is 32.3. The van der Waals surface area contributed by atoms with Gasteiger partial charge in [-0.15, -0.1) is 35.4 Å². The maximum atomic E-state index is 10.6. The van der Waals surface area contributed by atoms with Gasteiger partial charge in [-0.1, -0.05) is 76.9 Å². The second-order valence-corrected chi connectivity index (χ2v) is 13.9. The smallest absolute Gasteiger partial charge is 0.230 e. The van der Waals surface area contributed by atoms with Gasteiger partial charge in [-0.3, -0.25) is 9.97 Å². The Morgan fingerprint density at radius 1 is 0.660 bits per heavy atom. The first-order chi connectivity index (χ1) is 22.0. The van der Waals surface area contributed by atoms with Gasteiger partial charge >= 0.3 is 0 Å². The summed E-state index contributed by atoms with van der Waals surface area (Å²) in [6, 6.07) is 32.0. The van der Waals surface area contributed by atoms with E-state index in [0.29, 0.717) is 17.0 Å². The van der Waals surface area contributed by atoms with Crippen molar-refractivity contribution in [3.8, 4) is 50.6 Å². The molecule has 3 aromatic heterocycles. The number of oxazole rings is 1. The minimum absolute atomic E-state index is 0. The Bertz CT molecular complexity index is 2240. The second-order valence-electron chi connectivity index (χ2n) is 13.9.